The normalized spacial score (nSPS) is 13.2. The third kappa shape index (κ3) is 3.10. The number of hydrogen-bond acceptors (Lipinski definition) is 3. The summed E-state index contributed by atoms with van der Waals surface area (Å²) in [5.74, 6) is 0.156. The summed E-state index contributed by atoms with van der Waals surface area (Å²) in [5.41, 5.74) is 1.95. The summed E-state index contributed by atoms with van der Waals surface area (Å²) in [6.07, 6.45) is 3.74. The molecule has 86 valence electrons. The van der Waals surface area contributed by atoms with Gasteiger partial charge in [-0.25, -0.2) is 0 Å². The molecule has 0 radical (unpaired) electrons. The lowest BCUT2D eigenvalue weighted by atomic mass is 10.1. The minimum Gasteiger partial charge on any atom is -0.373 e. The van der Waals surface area contributed by atoms with Crippen molar-refractivity contribution in [1.29, 1.82) is 0 Å². The molecule has 4 heteroatoms. The molecule has 16 heavy (non-hydrogen) atoms. The molecule has 1 aromatic carbocycles. The van der Waals surface area contributed by atoms with Crippen molar-refractivity contribution in [2.45, 2.75) is 6.92 Å². The summed E-state index contributed by atoms with van der Waals surface area (Å²) >= 11 is 0. The van der Waals surface area contributed by atoms with E-state index in [1.807, 2.05) is 48.5 Å². The average molecular weight is 283 g/mol. The molecule has 1 aliphatic heterocycles. The molecule has 3 nitrogen and oxygen atoms in total. The Balaban J connectivity index is 0.00000128. The number of nitrogens with zero attached hydrogens (tertiary/aromatic N) is 1. The minimum atomic E-state index is 0. The van der Waals surface area contributed by atoms with Crippen molar-refractivity contribution < 1.29 is 4.79 Å². The van der Waals surface area contributed by atoms with Gasteiger partial charge in [0.2, 0.25) is 0 Å². The SMILES string of the molecule is Br.Cc1ccc(C(=O)CN2C=CNC2)cc1. The van der Waals surface area contributed by atoms with Crippen LogP contribution < -0.4 is 5.32 Å². The number of rotatable bonds is 3. The van der Waals surface area contributed by atoms with Crippen LogP contribution in [0.5, 0.6) is 0 Å². The second-order valence-corrected chi connectivity index (χ2v) is 3.71. The van der Waals surface area contributed by atoms with Crippen LogP contribution in [0.3, 0.4) is 0 Å². The third-order valence-corrected chi connectivity index (χ3v) is 2.42. The maximum absolute atomic E-state index is 11.8. The quantitative estimate of drug-likeness (QED) is 0.862. The number of nitrogens with one attached hydrogen (secondary N) is 1. The van der Waals surface area contributed by atoms with E-state index >= 15 is 0 Å². The lowest BCUT2D eigenvalue weighted by molar-refractivity contribution is 0.0957. The first-order chi connectivity index (χ1) is 7.25. The summed E-state index contributed by atoms with van der Waals surface area (Å²) in [7, 11) is 0. The molecule has 0 unspecified atom stereocenters. The summed E-state index contributed by atoms with van der Waals surface area (Å²) < 4.78 is 0. The summed E-state index contributed by atoms with van der Waals surface area (Å²) in [5, 5.41) is 3.03. The van der Waals surface area contributed by atoms with Crippen LogP contribution in [0.4, 0.5) is 0 Å². The topological polar surface area (TPSA) is 32.3 Å². The van der Waals surface area contributed by atoms with Gasteiger partial charge in [-0.2, -0.15) is 0 Å². The molecule has 0 saturated heterocycles. The highest BCUT2D eigenvalue weighted by molar-refractivity contribution is 8.93. The second kappa shape index (κ2) is 5.70. The highest BCUT2D eigenvalue weighted by atomic mass is 79.9. The summed E-state index contributed by atoms with van der Waals surface area (Å²) in [4.78, 5) is 13.8. The number of benzene rings is 1. The van der Waals surface area contributed by atoms with Crippen molar-refractivity contribution in [2.75, 3.05) is 13.2 Å². The van der Waals surface area contributed by atoms with Crippen LogP contribution in [0, 0.1) is 6.92 Å². The first-order valence-electron chi connectivity index (χ1n) is 5.00. The highest BCUT2D eigenvalue weighted by Crippen LogP contribution is 2.06. The number of Topliss-reactive ketones (excluding diaryl/α,β-unsaturated/α-hetero) is 1. The standard InChI is InChI=1S/C12H14N2O.BrH/c1-10-2-4-11(5-3-10)12(15)8-14-7-6-13-9-14;/h2-7,13H,8-9H2,1H3;1H. The second-order valence-electron chi connectivity index (χ2n) is 3.71. The number of hydrogen-bond donors (Lipinski definition) is 1. The van der Waals surface area contributed by atoms with E-state index in [1.165, 1.54) is 5.56 Å². The molecule has 0 aliphatic carbocycles. The van der Waals surface area contributed by atoms with Gasteiger partial charge in [-0.3, -0.25) is 4.79 Å². The Bertz CT molecular complexity index is 387. The molecule has 1 N–H and O–H groups in total. The third-order valence-electron chi connectivity index (χ3n) is 2.42. The zero-order valence-corrected chi connectivity index (χ0v) is 10.9. The molecule has 0 aromatic heterocycles. The Hall–Kier alpha value is -1.29. The Morgan fingerprint density at radius 3 is 2.62 bits per heavy atom. The molecular formula is C12H15BrN2O. The predicted molar refractivity (Wildman–Crippen MR) is 69.7 cm³/mol. The molecule has 0 spiro atoms. The minimum absolute atomic E-state index is 0. The number of carbonyl (C=O) groups excluding carboxylic acids is 1. The van der Waals surface area contributed by atoms with E-state index in [0.29, 0.717) is 6.54 Å². The van der Waals surface area contributed by atoms with E-state index in [-0.39, 0.29) is 22.8 Å². The van der Waals surface area contributed by atoms with E-state index in [1.54, 1.807) is 0 Å². The van der Waals surface area contributed by atoms with E-state index in [0.717, 1.165) is 12.2 Å². The van der Waals surface area contributed by atoms with Gasteiger partial charge in [0.15, 0.2) is 5.78 Å². The summed E-state index contributed by atoms with van der Waals surface area (Å²) in [6.45, 7) is 3.17. The zero-order chi connectivity index (χ0) is 10.7. The van der Waals surface area contributed by atoms with Crippen molar-refractivity contribution in [3.63, 3.8) is 0 Å². The van der Waals surface area contributed by atoms with E-state index in [9.17, 15) is 4.79 Å². The van der Waals surface area contributed by atoms with Crippen molar-refractivity contribution in [2.24, 2.45) is 0 Å². The first kappa shape index (κ1) is 12.8. The van der Waals surface area contributed by atoms with Gasteiger partial charge in [0, 0.05) is 18.0 Å². The fourth-order valence-corrected chi connectivity index (χ4v) is 1.50. The zero-order valence-electron chi connectivity index (χ0n) is 9.14. The fourth-order valence-electron chi connectivity index (χ4n) is 1.50. The molecule has 2 rings (SSSR count). The van der Waals surface area contributed by atoms with Crippen LogP contribution in [0.25, 0.3) is 0 Å². The van der Waals surface area contributed by atoms with Crippen LogP contribution in [0.15, 0.2) is 36.7 Å². The van der Waals surface area contributed by atoms with Crippen molar-refractivity contribution in [3.8, 4) is 0 Å². The van der Waals surface area contributed by atoms with Crippen molar-refractivity contribution in [3.05, 3.63) is 47.8 Å². The maximum atomic E-state index is 11.8. The number of carbonyl (C=O) groups is 1. The lowest BCUT2D eigenvalue weighted by Gasteiger charge is -2.13. The molecule has 0 bridgehead atoms. The van der Waals surface area contributed by atoms with E-state index < -0.39 is 0 Å². The van der Waals surface area contributed by atoms with Crippen LogP contribution in [0.1, 0.15) is 15.9 Å². The maximum Gasteiger partial charge on any atom is 0.182 e. The summed E-state index contributed by atoms with van der Waals surface area (Å²) in [6, 6.07) is 7.69. The number of ketones is 1. The van der Waals surface area contributed by atoms with Gasteiger partial charge in [0.25, 0.3) is 0 Å². The van der Waals surface area contributed by atoms with Gasteiger partial charge in [-0.05, 0) is 6.92 Å². The predicted octanol–water partition coefficient (Wildman–Crippen LogP) is 2.09. The van der Waals surface area contributed by atoms with Gasteiger partial charge < -0.3 is 10.2 Å². The molecule has 0 atom stereocenters. The van der Waals surface area contributed by atoms with Crippen LogP contribution >= 0.6 is 17.0 Å². The van der Waals surface area contributed by atoms with Gasteiger partial charge in [-0.15, -0.1) is 17.0 Å². The van der Waals surface area contributed by atoms with Gasteiger partial charge >= 0.3 is 0 Å². The van der Waals surface area contributed by atoms with Crippen molar-refractivity contribution >= 4 is 22.8 Å². The molecule has 1 aromatic rings. The lowest BCUT2D eigenvalue weighted by Crippen LogP contribution is -2.27. The molecule has 0 fully saturated rings. The number of aryl methyl sites for hydroxylation is 1. The monoisotopic (exact) mass is 282 g/mol. The Morgan fingerprint density at radius 1 is 1.38 bits per heavy atom. The molecule has 0 saturated carbocycles. The Labute approximate surface area is 106 Å². The van der Waals surface area contributed by atoms with Crippen LogP contribution in [0.2, 0.25) is 0 Å². The van der Waals surface area contributed by atoms with Gasteiger partial charge in [0.1, 0.15) is 0 Å². The molecule has 0 amide bonds. The van der Waals surface area contributed by atoms with E-state index in [2.05, 4.69) is 5.32 Å². The fraction of sp³-hybridized carbons (Fsp3) is 0.250. The molecular weight excluding hydrogens is 268 g/mol. The smallest absolute Gasteiger partial charge is 0.182 e. The van der Waals surface area contributed by atoms with Crippen molar-refractivity contribution in [1.82, 2.24) is 10.2 Å². The molecule has 1 heterocycles. The van der Waals surface area contributed by atoms with Crippen LogP contribution in [-0.4, -0.2) is 23.9 Å². The highest BCUT2D eigenvalue weighted by Gasteiger charge is 2.10. The largest absolute Gasteiger partial charge is 0.373 e. The average Bonchev–Trinajstić information content (AvgIpc) is 2.71. The molecule has 1 aliphatic rings. The Morgan fingerprint density at radius 2 is 2.06 bits per heavy atom. The van der Waals surface area contributed by atoms with E-state index in [4.69, 9.17) is 0 Å². The van der Waals surface area contributed by atoms with Gasteiger partial charge in [0.05, 0.1) is 13.2 Å². The van der Waals surface area contributed by atoms with Crippen LogP contribution in [-0.2, 0) is 0 Å². The van der Waals surface area contributed by atoms with Gasteiger partial charge in [-0.1, -0.05) is 29.8 Å². The number of halogens is 1. The Kier molecular flexibility index (Phi) is 4.55. The first-order valence-corrected chi connectivity index (χ1v) is 5.00.